The molecule has 2 rings (SSSR count). The monoisotopic (exact) mass is 435 g/mol. The molecule has 2 N–H and O–H groups in total. The molecule has 0 saturated carbocycles. The van der Waals surface area contributed by atoms with Crippen molar-refractivity contribution in [3.8, 4) is 0 Å². The van der Waals surface area contributed by atoms with E-state index in [1.807, 2.05) is 12.2 Å². The quantitative estimate of drug-likeness (QED) is 0.610. The summed E-state index contributed by atoms with van der Waals surface area (Å²) >= 11 is 2.60. The van der Waals surface area contributed by atoms with Crippen LogP contribution in [-0.2, 0) is 19.6 Å². The molecule has 0 spiro atoms. The molecule has 0 bridgehead atoms. The molecule has 1 aromatic rings. The zero-order valence-electron chi connectivity index (χ0n) is 14.7. The number of esters is 1. The summed E-state index contributed by atoms with van der Waals surface area (Å²) in [5, 5.41) is 5.95. The Kier molecular flexibility index (Phi) is 8.07. The summed E-state index contributed by atoms with van der Waals surface area (Å²) in [4.78, 5) is 35.1. The Morgan fingerprint density at radius 3 is 2.63 bits per heavy atom. The Labute approximate surface area is 165 Å². The smallest absolute Gasteiger partial charge is 0.350 e. The first kappa shape index (κ1) is 21.7. The maximum Gasteiger partial charge on any atom is 0.350 e. The summed E-state index contributed by atoms with van der Waals surface area (Å²) in [5.41, 5.74) is 0. The number of sulfonamides is 1. The highest BCUT2D eigenvalue weighted by Gasteiger charge is 2.31. The molecule has 2 heterocycles. The van der Waals surface area contributed by atoms with Gasteiger partial charge in [0.2, 0.25) is 10.0 Å². The molecule has 0 aliphatic carbocycles. The summed E-state index contributed by atoms with van der Waals surface area (Å²) in [7, 11) is -3.80. The van der Waals surface area contributed by atoms with Crippen molar-refractivity contribution in [3.63, 3.8) is 0 Å². The number of thioether (sulfide) groups is 1. The second kappa shape index (κ2) is 10.1. The van der Waals surface area contributed by atoms with Crippen LogP contribution in [0.1, 0.15) is 23.0 Å². The number of hydrogen-bond acceptors (Lipinski definition) is 8. The highest BCUT2D eigenvalue weighted by atomic mass is 32.2. The molecule has 1 fully saturated rings. The first-order chi connectivity index (χ1) is 12.9. The minimum absolute atomic E-state index is 0.0866. The second-order valence-electron chi connectivity index (χ2n) is 5.51. The third-order valence-corrected chi connectivity index (χ3v) is 7.43. The van der Waals surface area contributed by atoms with Gasteiger partial charge < -0.3 is 10.1 Å². The molecule has 0 aromatic carbocycles. The fourth-order valence-corrected chi connectivity index (χ4v) is 6.08. The van der Waals surface area contributed by atoms with Crippen molar-refractivity contribution >= 4 is 51.0 Å². The summed E-state index contributed by atoms with van der Waals surface area (Å²) in [5.74, 6) is -0.322. The van der Waals surface area contributed by atoms with Crippen LogP contribution in [0.3, 0.4) is 0 Å². The number of amides is 3. The number of carbonyl (C=O) groups excluding carboxylic acids is 3. The summed E-state index contributed by atoms with van der Waals surface area (Å²) in [6, 6.07) is 0.677. The lowest BCUT2D eigenvalue weighted by molar-refractivity contribution is -0.123. The molecule has 1 aromatic heterocycles. The van der Waals surface area contributed by atoms with Gasteiger partial charge in [0.05, 0.1) is 0 Å². The molecule has 9 nitrogen and oxygen atoms in total. The number of hydrogen-bond donors (Lipinski definition) is 2. The Morgan fingerprint density at radius 1 is 1.26 bits per heavy atom. The van der Waals surface area contributed by atoms with E-state index < -0.39 is 34.5 Å². The van der Waals surface area contributed by atoms with Crippen molar-refractivity contribution in [2.24, 2.45) is 0 Å². The lowest BCUT2D eigenvalue weighted by Gasteiger charge is -2.25. The fraction of sp³-hybridized carbons (Fsp3) is 0.533. The predicted molar refractivity (Wildman–Crippen MR) is 103 cm³/mol. The number of ether oxygens (including phenoxy) is 1. The molecule has 150 valence electrons. The first-order valence-corrected chi connectivity index (χ1v) is 11.7. The third kappa shape index (κ3) is 5.92. The molecular formula is C15H21N3O6S3. The van der Waals surface area contributed by atoms with Gasteiger partial charge in [-0.2, -0.15) is 16.1 Å². The molecule has 1 saturated heterocycles. The van der Waals surface area contributed by atoms with E-state index in [-0.39, 0.29) is 9.77 Å². The van der Waals surface area contributed by atoms with E-state index >= 15 is 0 Å². The highest BCUT2D eigenvalue weighted by molar-refractivity contribution is 7.99. The molecule has 1 aliphatic rings. The average Bonchev–Trinajstić information content (AvgIpc) is 3.16. The minimum atomic E-state index is -3.80. The zero-order chi connectivity index (χ0) is 19.9. The maximum absolute atomic E-state index is 12.7. The number of carbonyl (C=O) groups is 3. The van der Waals surface area contributed by atoms with E-state index in [1.165, 1.54) is 15.8 Å². The number of nitrogens with zero attached hydrogens (tertiary/aromatic N) is 1. The third-order valence-electron chi connectivity index (χ3n) is 3.53. The van der Waals surface area contributed by atoms with Crippen molar-refractivity contribution < 1.29 is 27.5 Å². The van der Waals surface area contributed by atoms with Crippen LogP contribution in [0, 0.1) is 0 Å². The standard InChI is InChI=1S/C15H21N3O6S3/c1-2-4-16-15(21)17-12(19)10-24-14(20)13-11(3-7-26-13)27(22,23)18-5-8-25-9-6-18/h3,7H,2,4-6,8-10H2,1H3,(H2,16,17,19,21). The minimum Gasteiger partial charge on any atom is -0.451 e. The van der Waals surface area contributed by atoms with Crippen molar-refractivity contribution in [2.45, 2.75) is 18.2 Å². The molecule has 0 unspecified atom stereocenters. The van der Waals surface area contributed by atoms with Gasteiger partial charge in [0, 0.05) is 31.1 Å². The van der Waals surface area contributed by atoms with Gasteiger partial charge in [-0.25, -0.2) is 18.0 Å². The Bertz CT molecular complexity index is 786. The van der Waals surface area contributed by atoms with Crippen LogP contribution in [0.25, 0.3) is 0 Å². The number of thiophene rings is 1. The maximum atomic E-state index is 12.7. The van der Waals surface area contributed by atoms with Crippen LogP contribution in [0.15, 0.2) is 16.3 Å². The first-order valence-electron chi connectivity index (χ1n) is 8.26. The Morgan fingerprint density at radius 2 is 1.96 bits per heavy atom. The van der Waals surface area contributed by atoms with E-state index in [4.69, 9.17) is 4.74 Å². The summed E-state index contributed by atoms with van der Waals surface area (Å²) < 4.78 is 31.7. The number of urea groups is 1. The van der Waals surface area contributed by atoms with Crippen LogP contribution in [0.5, 0.6) is 0 Å². The van der Waals surface area contributed by atoms with Crippen LogP contribution in [-0.4, -0.2) is 68.4 Å². The van der Waals surface area contributed by atoms with Gasteiger partial charge in [0.15, 0.2) is 6.61 Å². The average molecular weight is 436 g/mol. The lowest BCUT2D eigenvalue weighted by Crippen LogP contribution is -2.41. The topological polar surface area (TPSA) is 122 Å². The van der Waals surface area contributed by atoms with Gasteiger partial charge in [-0.15, -0.1) is 11.3 Å². The fourth-order valence-electron chi connectivity index (χ4n) is 2.22. The van der Waals surface area contributed by atoms with Gasteiger partial charge in [-0.1, -0.05) is 6.92 Å². The molecular weight excluding hydrogens is 414 g/mol. The number of nitrogens with one attached hydrogen (secondary N) is 2. The molecule has 1 aliphatic heterocycles. The van der Waals surface area contributed by atoms with Gasteiger partial charge in [0.1, 0.15) is 9.77 Å². The van der Waals surface area contributed by atoms with E-state index in [0.29, 0.717) is 37.6 Å². The molecule has 27 heavy (non-hydrogen) atoms. The van der Waals surface area contributed by atoms with Crippen LogP contribution in [0.4, 0.5) is 4.79 Å². The van der Waals surface area contributed by atoms with Gasteiger partial charge in [0.25, 0.3) is 5.91 Å². The van der Waals surface area contributed by atoms with Gasteiger partial charge >= 0.3 is 12.0 Å². The van der Waals surface area contributed by atoms with Crippen LogP contribution in [0.2, 0.25) is 0 Å². The molecule has 3 amide bonds. The summed E-state index contributed by atoms with van der Waals surface area (Å²) in [6.45, 7) is 2.35. The Hall–Kier alpha value is -1.63. The SMILES string of the molecule is CCCNC(=O)NC(=O)COC(=O)c1sccc1S(=O)(=O)N1CCSCC1. The lowest BCUT2D eigenvalue weighted by atomic mass is 10.5. The van der Waals surface area contributed by atoms with Crippen LogP contribution < -0.4 is 10.6 Å². The predicted octanol–water partition coefficient (Wildman–Crippen LogP) is 0.878. The van der Waals surface area contributed by atoms with Crippen molar-refractivity contribution in [1.82, 2.24) is 14.9 Å². The van der Waals surface area contributed by atoms with E-state index in [9.17, 15) is 22.8 Å². The van der Waals surface area contributed by atoms with E-state index in [0.717, 1.165) is 11.3 Å². The van der Waals surface area contributed by atoms with Crippen LogP contribution >= 0.6 is 23.1 Å². The largest absolute Gasteiger partial charge is 0.451 e. The number of imide groups is 1. The highest BCUT2D eigenvalue weighted by Crippen LogP contribution is 2.27. The molecule has 12 heteroatoms. The van der Waals surface area contributed by atoms with Gasteiger partial charge in [-0.3, -0.25) is 10.1 Å². The summed E-state index contributed by atoms with van der Waals surface area (Å²) in [6.07, 6.45) is 0.710. The normalized spacial score (nSPS) is 15.1. The Balaban J connectivity index is 1.97. The van der Waals surface area contributed by atoms with Crippen molar-refractivity contribution in [1.29, 1.82) is 0 Å². The van der Waals surface area contributed by atoms with E-state index in [2.05, 4.69) is 5.32 Å². The van der Waals surface area contributed by atoms with E-state index in [1.54, 1.807) is 11.8 Å². The number of rotatable bonds is 7. The zero-order valence-corrected chi connectivity index (χ0v) is 17.2. The second-order valence-corrected chi connectivity index (χ2v) is 9.56. The van der Waals surface area contributed by atoms with Gasteiger partial charge in [-0.05, 0) is 17.9 Å². The molecule has 0 atom stereocenters. The van der Waals surface area contributed by atoms with Crippen molar-refractivity contribution in [3.05, 3.63) is 16.3 Å². The van der Waals surface area contributed by atoms with Crippen molar-refractivity contribution in [2.75, 3.05) is 37.7 Å². The molecule has 0 radical (unpaired) electrons.